The average Bonchev–Trinajstić information content (AvgIpc) is 2.25. The Bertz CT molecular complexity index is 298. The highest BCUT2D eigenvalue weighted by Crippen LogP contribution is 2.62. The summed E-state index contributed by atoms with van der Waals surface area (Å²) in [6.07, 6.45) is 13.0. The molecule has 2 saturated carbocycles. The molecule has 1 heterocycles. The third kappa shape index (κ3) is 1.68. The summed E-state index contributed by atoms with van der Waals surface area (Å²) in [4.78, 5) is 0. The number of hydrogen-bond acceptors (Lipinski definition) is 2. The van der Waals surface area contributed by atoms with Gasteiger partial charge in [-0.3, -0.25) is 5.32 Å². The van der Waals surface area contributed by atoms with Crippen molar-refractivity contribution >= 4 is 0 Å². The highest BCUT2D eigenvalue weighted by atomic mass is 16.5. The van der Waals surface area contributed by atoms with Crippen molar-refractivity contribution in [3.8, 4) is 0 Å². The van der Waals surface area contributed by atoms with E-state index in [0.29, 0.717) is 5.41 Å². The number of ether oxygens (including phenoxy) is 1. The maximum Gasteiger partial charge on any atom is 0.120 e. The van der Waals surface area contributed by atoms with Crippen LogP contribution < -0.4 is 5.32 Å². The molecule has 2 spiro atoms. The monoisotopic (exact) mass is 251 g/mol. The van der Waals surface area contributed by atoms with Gasteiger partial charge in [0, 0.05) is 12.0 Å². The lowest BCUT2D eigenvalue weighted by molar-refractivity contribution is -0.309. The normalized spacial score (nSPS) is 31.0. The van der Waals surface area contributed by atoms with Gasteiger partial charge in [0.1, 0.15) is 5.72 Å². The standard InChI is InChI=1S/C16H29NO/c1-3-7-16(8-4-2)17-13-14(9-5-10-14)15(18-16)11-6-12-15/h17H,3-13H2,1-2H3. The smallest absolute Gasteiger partial charge is 0.120 e. The topological polar surface area (TPSA) is 21.3 Å². The third-order valence-electron chi connectivity index (χ3n) is 5.89. The molecule has 2 aliphatic carbocycles. The molecule has 2 nitrogen and oxygen atoms in total. The van der Waals surface area contributed by atoms with E-state index in [1.54, 1.807) is 0 Å². The van der Waals surface area contributed by atoms with Gasteiger partial charge in [0.05, 0.1) is 5.60 Å². The van der Waals surface area contributed by atoms with Gasteiger partial charge in [-0.2, -0.15) is 0 Å². The van der Waals surface area contributed by atoms with Gasteiger partial charge in [-0.25, -0.2) is 0 Å². The summed E-state index contributed by atoms with van der Waals surface area (Å²) in [5, 5.41) is 3.83. The fraction of sp³-hybridized carbons (Fsp3) is 1.00. The first-order valence-electron chi connectivity index (χ1n) is 8.15. The van der Waals surface area contributed by atoms with Crippen LogP contribution in [0, 0.1) is 5.41 Å². The second-order valence-corrected chi connectivity index (χ2v) is 6.93. The maximum atomic E-state index is 6.82. The van der Waals surface area contributed by atoms with Crippen LogP contribution in [0.25, 0.3) is 0 Å². The minimum atomic E-state index is 0.00472. The van der Waals surface area contributed by atoms with Crippen LogP contribution in [0.5, 0.6) is 0 Å². The maximum absolute atomic E-state index is 6.82. The molecule has 0 aromatic rings. The molecule has 3 fully saturated rings. The molecule has 1 saturated heterocycles. The Morgan fingerprint density at radius 2 is 1.56 bits per heavy atom. The zero-order valence-corrected chi connectivity index (χ0v) is 12.2. The van der Waals surface area contributed by atoms with Crippen molar-refractivity contribution in [3.05, 3.63) is 0 Å². The van der Waals surface area contributed by atoms with E-state index < -0.39 is 0 Å². The molecule has 104 valence electrons. The summed E-state index contributed by atoms with van der Waals surface area (Å²) in [6, 6.07) is 0. The Morgan fingerprint density at radius 3 is 1.94 bits per heavy atom. The minimum absolute atomic E-state index is 0.00472. The Kier molecular flexibility index (Phi) is 3.22. The van der Waals surface area contributed by atoms with E-state index in [-0.39, 0.29) is 11.3 Å². The second-order valence-electron chi connectivity index (χ2n) is 6.93. The SMILES string of the molecule is CCCC1(CCC)NCC2(CCC2)C2(CCC2)O1. The Labute approximate surface area is 112 Å². The highest BCUT2D eigenvalue weighted by Gasteiger charge is 2.63. The summed E-state index contributed by atoms with van der Waals surface area (Å²) < 4.78 is 6.82. The third-order valence-corrected chi connectivity index (χ3v) is 5.89. The van der Waals surface area contributed by atoms with Crippen molar-refractivity contribution in [2.45, 2.75) is 89.4 Å². The molecule has 1 aliphatic heterocycles. The predicted molar refractivity (Wildman–Crippen MR) is 74.5 cm³/mol. The van der Waals surface area contributed by atoms with Crippen molar-refractivity contribution < 1.29 is 4.74 Å². The van der Waals surface area contributed by atoms with Crippen LogP contribution >= 0.6 is 0 Å². The van der Waals surface area contributed by atoms with Gasteiger partial charge in [0.2, 0.25) is 0 Å². The van der Waals surface area contributed by atoms with Gasteiger partial charge in [0.25, 0.3) is 0 Å². The van der Waals surface area contributed by atoms with E-state index in [1.165, 1.54) is 70.8 Å². The van der Waals surface area contributed by atoms with Crippen LogP contribution in [0.2, 0.25) is 0 Å². The van der Waals surface area contributed by atoms with Crippen LogP contribution in [0.3, 0.4) is 0 Å². The van der Waals surface area contributed by atoms with Gasteiger partial charge >= 0.3 is 0 Å². The molecule has 1 N–H and O–H groups in total. The summed E-state index contributed by atoms with van der Waals surface area (Å²) in [7, 11) is 0. The van der Waals surface area contributed by atoms with Gasteiger partial charge in [-0.15, -0.1) is 0 Å². The van der Waals surface area contributed by atoms with Crippen LogP contribution in [0.4, 0.5) is 0 Å². The van der Waals surface area contributed by atoms with Crippen LogP contribution in [0.15, 0.2) is 0 Å². The molecule has 18 heavy (non-hydrogen) atoms. The average molecular weight is 251 g/mol. The number of rotatable bonds is 4. The molecular formula is C16H29NO. The van der Waals surface area contributed by atoms with Gasteiger partial charge < -0.3 is 4.74 Å². The first kappa shape index (κ1) is 12.9. The first-order chi connectivity index (χ1) is 8.70. The molecule has 0 atom stereocenters. The quantitative estimate of drug-likeness (QED) is 0.815. The fourth-order valence-electron chi connectivity index (χ4n) is 4.59. The Morgan fingerprint density at radius 1 is 0.944 bits per heavy atom. The van der Waals surface area contributed by atoms with Crippen molar-refractivity contribution in [2.75, 3.05) is 6.54 Å². The van der Waals surface area contributed by atoms with Crippen LogP contribution in [-0.2, 0) is 4.74 Å². The van der Waals surface area contributed by atoms with Crippen molar-refractivity contribution in [3.63, 3.8) is 0 Å². The van der Waals surface area contributed by atoms with Gasteiger partial charge in [0.15, 0.2) is 0 Å². The largest absolute Gasteiger partial charge is 0.354 e. The first-order valence-corrected chi connectivity index (χ1v) is 8.15. The lowest BCUT2D eigenvalue weighted by Gasteiger charge is -2.66. The molecule has 0 aromatic heterocycles. The number of fused-ring (bicyclic) bond motifs is 1. The Balaban J connectivity index is 1.80. The van der Waals surface area contributed by atoms with Crippen molar-refractivity contribution in [2.24, 2.45) is 5.41 Å². The van der Waals surface area contributed by atoms with E-state index in [4.69, 9.17) is 4.74 Å². The molecule has 3 aliphatic rings. The number of hydrogen-bond donors (Lipinski definition) is 1. The Hall–Kier alpha value is -0.0800. The molecule has 0 bridgehead atoms. The van der Waals surface area contributed by atoms with E-state index in [9.17, 15) is 0 Å². The zero-order valence-electron chi connectivity index (χ0n) is 12.2. The van der Waals surface area contributed by atoms with E-state index in [1.807, 2.05) is 0 Å². The van der Waals surface area contributed by atoms with Crippen LogP contribution in [0.1, 0.15) is 78.1 Å². The highest BCUT2D eigenvalue weighted by molar-refractivity contribution is 5.14. The van der Waals surface area contributed by atoms with Gasteiger partial charge in [-0.1, -0.05) is 33.1 Å². The van der Waals surface area contributed by atoms with E-state index in [2.05, 4.69) is 19.2 Å². The fourth-order valence-corrected chi connectivity index (χ4v) is 4.59. The molecule has 0 amide bonds. The lowest BCUT2D eigenvalue weighted by Crippen LogP contribution is -2.73. The second kappa shape index (κ2) is 4.49. The molecular weight excluding hydrogens is 222 g/mol. The molecule has 0 radical (unpaired) electrons. The van der Waals surface area contributed by atoms with Crippen molar-refractivity contribution in [1.82, 2.24) is 5.32 Å². The molecule has 3 rings (SSSR count). The summed E-state index contributed by atoms with van der Waals surface area (Å²) >= 11 is 0. The summed E-state index contributed by atoms with van der Waals surface area (Å²) in [6.45, 7) is 5.78. The van der Waals surface area contributed by atoms with Crippen LogP contribution in [-0.4, -0.2) is 17.9 Å². The number of nitrogens with one attached hydrogen (secondary N) is 1. The molecule has 0 unspecified atom stereocenters. The van der Waals surface area contributed by atoms with E-state index in [0.717, 1.165) is 0 Å². The zero-order chi connectivity index (χ0) is 12.7. The molecule has 0 aromatic carbocycles. The summed E-state index contributed by atoms with van der Waals surface area (Å²) in [5.41, 5.74) is 0.780. The summed E-state index contributed by atoms with van der Waals surface area (Å²) in [5.74, 6) is 0. The predicted octanol–water partition coefficient (Wildman–Crippen LogP) is 4.00. The molecule has 2 heteroatoms. The minimum Gasteiger partial charge on any atom is -0.354 e. The van der Waals surface area contributed by atoms with E-state index >= 15 is 0 Å². The van der Waals surface area contributed by atoms with Crippen molar-refractivity contribution in [1.29, 1.82) is 0 Å². The lowest BCUT2D eigenvalue weighted by atomic mass is 9.51. The van der Waals surface area contributed by atoms with Gasteiger partial charge in [-0.05, 0) is 44.9 Å².